The number of anilines is 1. The fourth-order valence-electron chi connectivity index (χ4n) is 3.63. The van der Waals surface area contributed by atoms with Gasteiger partial charge in [0.15, 0.2) is 5.82 Å². The van der Waals surface area contributed by atoms with Crippen molar-refractivity contribution in [3.63, 3.8) is 0 Å². The third kappa shape index (κ3) is 5.61. The zero-order chi connectivity index (χ0) is 25.2. The smallest absolute Gasteiger partial charge is 0.414 e. The quantitative estimate of drug-likeness (QED) is 0.384. The maximum atomic E-state index is 15.0. The van der Waals surface area contributed by atoms with Crippen LogP contribution < -0.4 is 15.1 Å². The van der Waals surface area contributed by atoms with Gasteiger partial charge in [-0.25, -0.2) is 18.2 Å². The second-order valence-electron chi connectivity index (χ2n) is 8.27. The Kier molecular flexibility index (Phi) is 7.70. The third-order valence-corrected chi connectivity index (χ3v) is 5.47. The van der Waals surface area contributed by atoms with Crippen molar-refractivity contribution < 1.29 is 27.1 Å². The minimum atomic E-state index is -2.45. The molecule has 11 heteroatoms. The van der Waals surface area contributed by atoms with E-state index in [1.165, 1.54) is 29.2 Å². The van der Waals surface area contributed by atoms with Crippen molar-refractivity contribution in [3.05, 3.63) is 68.8 Å². The Hall–Kier alpha value is -3.28. The van der Waals surface area contributed by atoms with Gasteiger partial charge in [0, 0.05) is 44.1 Å². The molecule has 1 atom stereocenters. The van der Waals surface area contributed by atoms with E-state index in [0.29, 0.717) is 23.1 Å². The zero-order valence-electron chi connectivity index (χ0n) is 19.5. The van der Waals surface area contributed by atoms with Crippen molar-refractivity contribution in [2.75, 3.05) is 32.9 Å². The number of nitrogens with one attached hydrogen (secondary N) is 1. The van der Waals surface area contributed by atoms with Crippen LogP contribution in [0.5, 0.6) is 5.75 Å². The van der Waals surface area contributed by atoms with Gasteiger partial charge in [-0.15, -0.1) is 0 Å². The number of nitrogens with zero attached hydrogens (tertiary/aromatic N) is 2. The molecule has 182 valence electrons. The summed E-state index contributed by atoms with van der Waals surface area (Å²) in [4.78, 5) is 28.1. The van der Waals surface area contributed by atoms with Gasteiger partial charge in [-0.3, -0.25) is 9.27 Å². The van der Waals surface area contributed by atoms with Crippen molar-refractivity contribution in [2.45, 2.75) is 19.9 Å². The van der Waals surface area contributed by atoms with Gasteiger partial charge >= 0.3 is 11.7 Å². The van der Waals surface area contributed by atoms with Gasteiger partial charge in [-0.2, -0.15) is 0 Å². The van der Waals surface area contributed by atoms with Crippen molar-refractivity contribution >= 4 is 34.0 Å². The summed E-state index contributed by atoms with van der Waals surface area (Å²) in [7, 11) is 6.79. The molecule has 0 saturated heterocycles. The molecule has 34 heavy (non-hydrogen) atoms. The highest BCUT2D eigenvalue weighted by molar-refractivity contribution is 7.80. The molecule has 0 fully saturated rings. The number of carbonyl (C=O) groups excluding carboxylic acids is 1. The number of hydrogen-bond acceptors (Lipinski definition) is 6. The molecule has 0 bridgehead atoms. The van der Waals surface area contributed by atoms with Crippen LogP contribution in [-0.4, -0.2) is 52.8 Å². The standard InChI is InChI=1S/C23H26FN3O6S/c1-13-9-15(32-23(29)27(4)5)11-19-20(13)17(12-26(2)3)16(22(28)33-19)10-14-7-6-8-18(21(14)24)25-34(30)31/h6-9,11,25H,10,12H2,1-5H3,(H,30,31). The lowest BCUT2D eigenvalue weighted by molar-refractivity contribution is 0.172. The highest BCUT2D eigenvalue weighted by Crippen LogP contribution is 2.31. The second kappa shape index (κ2) is 10.3. The Balaban J connectivity index is 2.17. The number of hydrogen-bond donors (Lipinski definition) is 2. The largest absolute Gasteiger partial charge is 0.422 e. The lowest BCUT2D eigenvalue weighted by Crippen LogP contribution is -2.25. The van der Waals surface area contributed by atoms with Gasteiger partial charge in [0.05, 0.1) is 5.69 Å². The van der Waals surface area contributed by atoms with Crippen LogP contribution in [-0.2, 0) is 24.2 Å². The topological polar surface area (TPSA) is 112 Å². The molecular formula is C23H26FN3O6S. The van der Waals surface area contributed by atoms with Crippen LogP contribution in [0.3, 0.4) is 0 Å². The monoisotopic (exact) mass is 491 g/mol. The van der Waals surface area contributed by atoms with Crippen LogP contribution in [0, 0.1) is 12.7 Å². The van der Waals surface area contributed by atoms with Gasteiger partial charge < -0.3 is 19.0 Å². The number of fused-ring (bicyclic) bond motifs is 1. The average Bonchev–Trinajstić information content (AvgIpc) is 2.72. The van der Waals surface area contributed by atoms with Crippen LogP contribution in [0.4, 0.5) is 14.9 Å². The summed E-state index contributed by atoms with van der Waals surface area (Å²) in [6, 6.07) is 7.51. The molecule has 1 unspecified atom stereocenters. The molecule has 0 spiro atoms. The molecule has 0 aliphatic carbocycles. The molecule has 1 heterocycles. The van der Waals surface area contributed by atoms with Gasteiger partial charge in [-0.05, 0) is 49.8 Å². The van der Waals surface area contributed by atoms with Gasteiger partial charge in [0.25, 0.3) is 11.3 Å². The molecule has 0 saturated carbocycles. The first kappa shape index (κ1) is 25.3. The average molecular weight is 492 g/mol. The summed E-state index contributed by atoms with van der Waals surface area (Å²) < 4.78 is 48.1. The summed E-state index contributed by atoms with van der Waals surface area (Å²) >= 11 is -2.45. The number of benzene rings is 2. The summed E-state index contributed by atoms with van der Waals surface area (Å²) in [6.45, 7) is 2.18. The molecule has 2 aromatic carbocycles. The molecule has 9 nitrogen and oxygen atoms in total. The van der Waals surface area contributed by atoms with E-state index in [1.807, 2.05) is 19.0 Å². The van der Waals surface area contributed by atoms with E-state index >= 15 is 0 Å². The van der Waals surface area contributed by atoms with E-state index < -0.39 is 28.8 Å². The van der Waals surface area contributed by atoms with Crippen molar-refractivity contribution in [2.24, 2.45) is 0 Å². The summed E-state index contributed by atoms with van der Waals surface area (Å²) in [5, 5.41) is 0.666. The number of halogens is 1. The number of aryl methyl sites for hydroxylation is 1. The SMILES string of the molecule is Cc1cc(OC(=O)N(C)C)cc2oc(=O)c(Cc3cccc(NS(=O)O)c3F)c(CN(C)C)c12. The first-order valence-electron chi connectivity index (χ1n) is 10.3. The molecule has 2 N–H and O–H groups in total. The van der Waals surface area contributed by atoms with E-state index in [4.69, 9.17) is 13.7 Å². The summed E-state index contributed by atoms with van der Waals surface area (Å²) in [5.41, 5.74) is 1.25. The minimum absolute atomic E-state index is 0.0856. The van der Waals surface area contributed by atoms with Crippen molar-refractivity contribution in [1.82, 2.24) is 9.80 Å². The predicted molar refractivity (Wildman–Crippen MR) is 128 cm³/mol. The normalized spacial score (nSPS) is 12.1. The molecule has 0 radical (unpaired) electrons. The maximum Gasteiger partial charge on any atom is 0.414 e. The summed E-state index contributed by atoms with van der Waals surface area (Å²) in [5.74, 6) is -0.500. The Labute approximate surface area is 198 Å². The van der Waals surface area contributed by atoms with E-state index in [0.717, 1.165) is 0 Å². The van der Waals surface area contributed by atoms with Gasteiger partial charge in [0.1, 0.15) is 11.3 Å². The van der Waals surface area contributed by atoms with Crippen LogP contribution in [0.15, 0.2) is 39.5 Å². The first-order valence-corrected chi connectivity index (χ1v) is 11.4. The minimum Gasteiger partial charge on any atom is -0.422 e. The lowest BCUT2D eigenvalue weighted by atomic mass is 9.95. The van der Waals surface area contributed by atoms with Crippen LogP contribution in [0.1, 0.15) is 22.3 Å². The maximum absolute atomic E-state index is 15.0. The lowest BCUT2D eigenvalue weighted by Gasteiger charge is -2.18. The Morgan fingerprint density at radius 1 is 1.21 bits per heavy atom. The summed E-state index contributed by atoms with van der Waals surface area (Å²) in [6.07, 6.45) is -0.656. The van der Waals surface area contributed by atoms with E-state index in [-0.39, 0.29) is 34.6 Å². The fourth-order valence-corrected chi connectivity index (χ4v) is 3.97. The van der Waals surface area contributed by atoms with Crippen LogP contribution >= 0.6 is 0 Å². The zero-order valence-corrected chi connectivity index (χ0v) is 20.3. The second-order valence-corrected chi connectivity index (χ2v) is 8.97. The Bertz CT molecular complexity index is 1320. The molecule has 1 aromatic heterocycles. The fraction of sp³-hybridized carbons (Fsp3) is 0.304. The first-order chi connectivity index (χ1) is 16.0. The van der Waals surface area contributed by atoms with Crippen molar-refractivity contribution in [3.8, 4) is 5.75 Å². The molecular weight excluding hydrogens is 465 g/mol. The third-order valence-electron chi connectivity index (χ3n) is 5.08. The molecule has 0 aliphatic heterocycles. The van der Waals surface area contributed by atoms with Crippen molar-refractivity contribution in [1.29, 1.82) is 0 Å². The highest BCUT2D eigenvalue weighted by atomic mass is 32.2. The molecule has 3 rings (SSSR count). The number of carbonyl (C=O) groups is 1. The van der Waals surface area contributed by atoms with Gasteiger partial charge in [0.2, 0.25) is 0 Å². The molecule has 1 amide bonds. The number of ether oxygens (including phenoxy) is 1. The number of rotatable bonds is 7. The van der Waals surface area contributed by atoms with E-state index in [1.54, 1.807) is 27.1 Å². The highest BCUT2D eigenvalue weighted by Gasteiger charge is 2.21. The number of amides is 1. The van der Waals surface area contributed by atoms with E-state index in [9.17, 15) is 18.2 Å². The van der Waals surface area contributed by atoms with E-state index in [2.05, 4.69) is 4.72 Å². The van der Waals surface area contributed by atoms with Crippen LogP contribution in [0.2, 0.25) is 0 Å². The Morgan fingerprint density at radius 2 is 1.91 bits per heavy atom. The van der Waals surface area contributed by atoms with Crippen LogP contribution in [0.25, 0.3) is 11.0 Å². The molecule has 0 aliphatic rings. The predicted octanol–water partition coefficient (Wildman–Crippen LogP) is 3.50. The Morgan fingerprint density at radius 3 is 2.53 bits per heavy atom. The van der Waals surface area contributed by atoms with Gasteiger partial charge in [-0.1, -0.05) is 12.1 Å². The molecule has 3 aromatic rings.